The molecule has 1 unspecified atom stereocenters. The van der Waals surface area contributed by atoms with Gasteiger partial charge in [0.05, 0.1) is 24.0 Å². The van der Waals surface area contributed by atoms with Gasteiger partial charge in [0.2, 0.25) is 11.7 Å². The molecule has 27 heavy (non-hydrogen) atoms. The fraction of sp³-hybridized carbons (Fsp3) is 0.389. The molecule has 140 valence electrons. The molecule has 1 aromatic carbocycles. The molecule has 1 aliphatic heterocycles. The Balaban J connectivity index is 1.39. The van der Waals surface area contributed by atoms with Crippen molar-refractivity contribution in [3.8, 4) is 11.4 Å². The topological polar surface area (TPSA) is 88.3 Å². The van der Waals surface area contributed by atoms with Gasteiger partial charge in [-0.25, -0.2) is 0 Å². The normalized spacial score (nSPS) is 16.4. The molecule has 4 rings (SSSR count). The van der Waals surface area contributed by atoms with Gasteiger partial charge in [0.25, 0.3) is 5.91 Å². The van der Waals surface area contributed by atoms with E-state index in [9.17, 15) is 4.79 Å². The van der Waals surface area contributed by atoms with Crippen molar-refractivity contribution in [2.24, 2.45) is 0 Å². The third kappa shape index (κ3) is 3.74. The van der Waals surface area contributed by atoms with E-state index in [2.05, 4.69) is 23.8 Å². The number of nitrogens with zero attached hydrogens (tertiary/aromatic N) is 6. The Morgan fingerprint density at radius 1 is 1.19 bits per heavy atom. The van der Waals surface area contributed by atoms with E-state index in [4.69, 9.17) is 4.52 Å². The molecule has 3 heterocycles. The van der Waals surface area contributed by atoms with Crippen LogP contribution in [0.15, 0.2) is 35.0 Å². The highest BCUT2D eigenvalue weighted by Gasteiger charge is 2.28. The standard InChI is InChI=1S/C18H20N6O2S/c1-12-3-5-14(6-4-12)16-20-17(26-21-16)13(2)23-7-9-24(10-8-23)18(25)15-11-19-27-22-15/h3-6,11,13H,7-10H2,1-2H3. The van der Waals surface area contributed by atoms with Crippen LogP contribution < -0.4 is 0 Å². The summed E-state index contributed by atoms with van der Waals surface area (Å²) in [6, 6.07) is 8.04. The SMILES string of the molecule is Cc1ccc(-c2noc(C(C)N3CCN(C(=O)c4cnsn4)CC3)n2)cc1. The van der Waals surface area contributed by atoms with Crippen molar-refractivity contribution in [3.63, 3.8) is 0 Å². The minimum atomic E-state index is -0.0597. The van der Waals surface area contributed by atoms with Gasteiger partial charge >= 0.3 is 0 Å². The second-order valence-electron chi connectivity index (χ2n) is 6.62. The first-order chi connectivity index (χ1) is 13.1. The molecule has 2 aromatic heterocycles. The lowest BCUT2D eigenvalue weighted by Gasteiger charge is -2.36. The maximum Gasteiger partial charge on any atom is 0.275 e. The Morgan fingerprint density at radius 2 is 1.93 bits per heavy atom. The second kappa shape index (κ2) is 7.53. The summed E-state index contributed by atoms with van der Waals surface area (Å²) in [4.78, 5) is 21.0. The largest absolute Gasteiger partial charge is 0.337 e. The lowest BCUT2D eigenvalue weighted by molar-refractivity contribution is 0.0547. The molecule has 1 saturated heterocycles. The fourth-order valence-corrected chi connectivity index (χ4v) is 3.52. The molecule has 3 aromatic rings. The number of hydrogen-bond acceptors (Lipinski definition) is 8. The number of benzene rings is 1. The Kier molecular flexibility index (Phi) is 4.95. The number of piperazine rings is 1. The monoisotopic (exact) mass is 384 g/mol. The van der Waals surface area contributed by atoms with Crippen LogP contribution in [0, 0.1) is 6.92 Å². The summed E-state index contributed by atoms with van der Waals surface area (Å²) in [5.41, 5.74) is 2.55. The molecule has 9 heteroatoms. The van der Waals surface area contributed by atoms with Gasteiger partial charge in [0.1, 0.15) is 0 Å². The van der Waals surface area contributed by atoms with E-state index in [1.54, 1.807) is 0 Å². The third-order valence-corrected chi connectivity index (χ3v) is 5.32. The summed E-state index contributed by atoms with van der Waals surface area (Å²) >= 11 is 1.05. The fourth-order valence-electron chi connectivity index (χ4n) is 3.11. The average Bonchev–Trinajstić information content (AvgIpc) is 3.40. The smallest absolute Gasteiger partial charge is 0.275 e. The van der Waals surface area contributed by atoms with Crippen molar-refractivity contribution in [2.75, 3.05) is 26.2 Å². The van der Waals surface area contributed by atoms with Crippen molar-refractivity contribution >= 4 is 17.6 Å². The van der Waals surface area contributed by atoms with Gasteiger partial charge in [0.15, 0.2) is 5.69 Å². The molecule has 1 amide bonds. The maximum atomic E-state index is 12.4. The van der Waals surface area contributed by atoms with Crippen LogP contribution in [0.5, 0.6) is 0 Å². The number of carbonyl (C=O) groups is 1. The summed E-state index contributed by atoms with van der Waals surface area (Å²) in [6.45, 7) is 6.86. The lowest BCUT2D eigenvalue weighted by Crippen LogP contribution is -2.49. The predicted molar refractivity (Wildman–Crippen MR) is 100 cm³/mol. The molecule has 8 nitrogen and oxygen atoms in total. The number of rotatable bonds is 4. The Hall–Kier alpha value is -2.65. The summed E-state index contributed by atoms with van der Waals surface area (Å²) in [7, 11) is 0. The second-order valence-corrected chi connectivity index (χ2v) is 7.18. The number of hydrogen-bond donors (Lipinski definition) is 0. The molecule has 0 aliphatic carbocycles. The van der Waals surface area contributed by atoms with Gasteiger partial charge in [-0.1, -0.05) is 35.0 Å². The molecule has 0 saturated carbocycles. The van der Waals surface area contributed by atoms with E-state index in [1.807, 2.05) is 43.0 Å². The van der Waals surface area contributed by atoms with Crippen LogP contribution in [0.1, 0.15) is 34.9 Å². The van der Waals surface area contributed by atoms with Crippen LogP contribution in [0.4, 0.5) is 0 Å². The van der Waals surface area contributed by atoms with Gasteiger partial charge < -0.3 is 9.42 Å². The molecule has 1 fully saturated rings. The first-order valence-corrected chi connectivity index (χ1v) is 9.56. The minimum absolute atomic E-state index is 0.00473. The van der Waals surface area contributed by atoms with E-state index >= 15 is 0 Å². The zero-order valence-corrected chi connectivity index (χ0v) is 16.0. The molecular weight excluding hydrogens is 364 g/mol. The van der Waals surface area contributed by atoms with E-state index in [0.29, 0.717) is 30.5 Å². The molecule has 1 atom stereocenters. The van der Waals surface area contributed by atoms with Crippen LogP contribution >= 0.6 is 11.7 Å². The van der Waals surface area contributed by atoms with Crippen molar-refractivity contribution in [3.05, 3.63) is 47.6 Å². The van der Waals surface area contributed by atoms with Gasteiger partial charge in [-0.3, -0.25) is 9.69 Å². The van der Waals surface area contributed by atoms with Crippen molar-refractivity contribution in [1.29, 1.82) is 0 Å². The Bertz CT molecular complexity index is 900. The lowest BCUT2D eigenvalue weighted by atomic mass is 10.1. The zero-order valence-electron chi connectivity index (χ0n) is 15.2. The Morgan fingerprint density at radius 3 is 2.59 bits per heavy atom. The van der Waals surface area contributed by atoms with E-state index < -0.39 is 0 Å². The average molecular weight is 384 g/mol. The van der Waals surface area contributed by atoms with Crippen LogP contribution in [0.3, 0.4) is 0 Å². The molecule has 0 radical (unpaired) electrons. The minimum Gasteiger partial charge on any atom is -0.337 e. The molecule has 0 spiro atoms. The number of carbonyl (C=O) groups excluding carboxylic acids is 1. The molecule has 1 aliphatic rings. The van der Waals surface area contributed by atoms with E-state index in [-0.39, 0.29) is 11.9 Å². The van der Waals surface area contributed by atoms with Crippen LogP contribution in [-0.4, -0.2) is 60.8 Å². The quantitative estimate of drug-likeness (QED) is 0.682. The van der Waals surface area contributed by atoms with Crippen LogP contribution in [0.25, 0.3) is 11.4 Å². The van der Waals surface area contributed by atoms with Gasteiger partial charge in [0, 0.05) is 31.7 Å². The number of aryl methyl sites for hydroxylation is 1. The van der Waals surface area contributed by atoms with Crippen molar-refractivity contribution in [2.45, 2.75) is 19.9 Å². The first-order valence-electron chi connectivity index (χ1n) is 8.83. The summed E-state index contributed by atoms with van der Waals surface area (Å²) in [6.07, 6.45) is 1.52. The van der Waals surface area contributed by atoms with Crippen molar-refractivity contribution in [1.82, 2.24) is 28.7 Å². The highest BCUT2D eigenvalue weighted by atomic mass is 32.1. The van der Waals surface area contributed by atoms with Gasteiger partial charge in [-0.2, -0.15) is 13.7 Å². The predicted octanol–water partition coefficient (Wildman–Crippen LogP) is 2.42. The van der Waals surface area contributed by atoms with Gasteiger partial charge in [-0.05, 0) is 13.8 Å². The summed E-state index contributed by atoms with van der Waals surface area (Å²) in [5.74, 6) is 1.13. The van der Waals surface area contributed by atoms with E-state index in [0.717, 1.165) is 30.4 Å². The molecular formula is C18H20N6O2S. The van der Waals surface area contributed by atoms with Crippen molar-refractivity contribution < 1.29 is 9.32 Å². The first kappa shape index (κ1) is 17.7. The van der Waals surface area contributed by atoms with E-state index in [1.165, 1.54) is 11.8 Å². The molecule has 0 N–H and O–H groups in total. The van der Waals surface area contributed by atoms with Gasteiger partial charge in [-0.15, -0.1) is 0 Å². The van der Waals surface area contributed by atoms with Crippen LogP contribution in [-0.2, 0) is 0 Å². The Labute approximate surface area is 161 Å². The highest BCUT2D eigenvalue weighted by Crippen LogP contribution is 2.24. The highest BCUT2D eigenvalue weighted by molar-refractivity contribution is 6.99. The number of amides is 1. The molecule has 0 bridgehead atoms. The van der Waals surface area contributed by atoms with Crippen LogP contribution in [0.2, 0.25) is 0 Å². The summed E-state index contributed by atoms with van der Waals surface area (Å²) in [5, 5.41) is 4.12. The maximum absolute atomic E-state index is 12.4. The summed E-state index contributed by atoms with van der Waals surface area (Å²) < 4.78 is 13.4. The number of aromatic nitrogens is 4. The third-order valence-electron chi connectivity index (χ3n) is 4.84. The zero-order chi connectivity index (χ0) is 18.8.